The first-order chi connectivity index (χ1) is 8.56. The fourth-order valence-electron chi connectivity index (χ4n) is 2.06. The van der Waals surface area contributed by atoms with Gasteiger partial charge in [0.15, 0.2) is 11.6 Å². The Bertz CT molecular complexity index is 584. The second-order valence-corrected chi connectivity index (χ2v) is 4.73. The highest BCUT2D eigenvalue weighted by molar-refractivity contribution is 9.09. The van der Waals surface area contributed by atoms with Crippen molar-refractivity contribution in [3.8, 4) is 0 Å². The molecule has 0 amide bonds. The standard InChI is InChI=1S/C14H11BrO3/c1-8(16)6-11-12(7-15)14(18)10-5-3-2-4-9(10)13(11)17/h2-5H,6-7H2,1H3. The Labute approximate surface area is 113 Å². The maximum absolute atomic E-state index is 12.3. The van der Waals surface area contributed by atoms with E-state index in [1.165, 1.54) is 6.92 Å². The minimum atomic E-state index is -0.213. The molecule has 0 saturated carbocycles. The number of rotatable bonds is 3. The van der Waals surface area contributed by atoms with Crippen LogP contribution in [0.15, 0.2) is 35.4 Å². The van der Waals surface area contributed by atoms with Gasteiger partial charge in [-0.05, 0) is 6.92 Å². The molecule has 0 aliphatic heterocycles. The smallest absolute Gasteiger partial charge is 0.191 e. The van der Waals surface area contributed by atoms with Crippen LogP contribution in [0.25, 0.3) is 0 Å². The van der Waals surface area contributed by atoms with Crippen molar-refractivity contribution in [2.45, 2.75) is 13.3 Å². The first-order valence-electron chi connectivity index (χ1n) is 5.52. The van der Waals surface area contributed by atoms with Gasteiger partial charge in [-0.3, -0.25) is 14.4 Å². The van der Waals surface area contributed by atoms with Gasteiger partial charge in [-0.25, -0.2) is 0 Å². The molecular formula is C14H11BrO3. The topological polar surface area (TPSA) is 51.2 Å². The van der Waals surface area contributed by atoms with Crippen LogP contribution in [0.1, 0.15) is 34.1 Å². The lowest BCUT2D eigenvalue weighted by atomic mass is 9.83. The Kier molecular flexibility index (Phi) is 3.57. The van der Waals surface area contributed by atoms with Crippen LogP contribution in [0.2, 0.25) is 0 Å². The summed E-state index contributed by atoms with van der Waals surface area (Å²) in [5.74, 6) is -0.503. The highest BCUT2D eigenvalue weighted by Crippen LogP contribution is 2.29. The summed E-state index contributed by atoms with van der Waals surface area (Å²) in [7, 11) is 0. The van der Waals surface area contributed by atoms with E-state index in [9.17, 15) is 14.4 Å². The average molecular weight is 307 g/mol. The first kappa shape index (κ1) is 12.9. The Morgan fingerprint density at radius 2 is 1.56 bits per heavy atom. The normalized spacial score (nSPS) is 14.8. The van der Waals surface area contributed by atoms with Crippen LogP contribution in [-0.2, 0) is 4.79 Å². The second-order valence-electron chi connectivity index (χ2n) is 4.17. The van der Waals surface area contributed by atoms with Gasteiger partial charge in [0, 0.05) is 34.0 Å². The van der Waals surface area contributed by atoms with Crippen LogP contribution in [-0.4, -0.2) is 22.7 Å². The Hall–Kier alpha value is -1.55. The molecule has 3 nitrogen and oxygen atoms in total. The van der Waals surface area contributed by atoms with E-state index < -0.39 is 0 Å². The number of halogens is 1. The molecule has 18 heavy (non-hydrogen) atoms. The van der Waals surface area contributed by atoms with Gasteiger partial charge in [-0.1, -0.05) is 40.2 Å². The molecule has 0 unspecified atom stereocenters. The quantitative estimate of drug-likeness (QED) is 0.807. The number of hydrogen-bond acceptors (Lipinski definition) is 3. The van der Waals surface area contributed by atoms with Gasteiger partial charge >= 0.3 is 0 Å². The van der Waals surface area contributed by atoms with Gasteiger partial charge < -0.3 is 0 Å². The summed E-state index contributed by atoms with van der Waals surface area (Å²) < 4.78 is 0. The molecular weight excluding hydrogens is 296 g/mol. The molecule has 92 valence electrons. The van der Waals surface area contributed by atoms with Crippen molar-refractivity contribution in [2.24, 2.45) is 0 Å². The van der Waals surface area contributed by atoms with Gasteiger partial charge in [0.2, 0.25) is 0 Å². The lowest BCUT2D eigenvalue weighted by molar-refractivity contribution is -0.116. The van der Waals surface area contributed by atoms with E-state index in [1.807, 2.05) is 0 Å². The fraction of sp³-hybridized carbons (Fsp3) is 0.214. The number of allylic oxidation sites excluding steroid dienone is 2. The van der Waals surface area contributed by atoms with Crippen LogP contribution in [0.3, 0.4) is 0 Å². The van der Waals surface area contributed by atoms with E-state index in [1.54, 1.807) is 24.3 Å². The number of hydrogen-bond donors (Lipinski definition) is 0. The number of carbonyl (C=O) groups excluding carboxylic acids is 3. The SMILES string of the molecule is CC(=O)CC1=C(CBr)C(=O)c2ccccc2C1=O. The zero-order valence-electron chi connectivity index (χ0n) is 9.83. The summed E-state index contributed by atoms with van der Waals surface area (Å²) in [4.78, 5) is 35.7. The predicted octanol–water partition coefficient (Wildman–Crippen LogP) is 2.74. The molecule has 0 atom stereocenters. The summed E-state index contributed by atoms with van der Waals surface area (Å²) in [6.07, 6.45) is 0.0137. The van der Waals surface area contributed by atoms with Crippen molar-refractivity contribution < 1.29 is 14.4 Å². The molecule has 0 saturated heterocycles. The number of benzene rings is 1. The molecule has 4 heteroatoms. The van der Waals surface area contributed by atoms with Gasteiger partial charge in [-0.15, -0.1) is 0 Å². The van der Waals surface area contributed by atoms with Crippen LogP contribution >= 0.6 is 15.9 Å². The lowest BCUT2D eigenvalue weighted by Crippen LogP contribution is -2.24. The van der Waals surface area contributed by atoms with Crippen LogP contribution in [0.5, 0.6) is 0 Å². The molecule has 1 aromatic carbocycles. The van der Waals surface area contributed by atoms with Crippen molar-refractivity contribution >= 4 is 33.3 Å². The fourth-order valence-corrected chi connectivity index (χ4v) is 2.65. The molecule has 1 aromatic rings. The molecule has 0 heterocycles. The maximum Gasteiger partial charge on any atom is 0.191 e. The van der Waals surface area contributed by atoms with Gasteiger partial charge in [-0.2, -0.15) is 0 Å². The third-order valence-corrected chi connectivity index (χ3v) is 3.45. The Morgan fingerprint density at radius 1 is 1.06 bits per heavy atom. The first-order valence-corrected chi connectivity index (χ1v) is 6.64. The summed E-state index contributed by atoms with van der Waals surface area (Å²) >= 11 is 3.22. The summed E-state index contributed by atoms with van der Waals surface area (Å²) in [6, 6.07) is 6.71. The highest BCUT2D eigenvalue weighted by atomic mass is 79.9. The minimum absolute atomic E-state index is 0.0137. The van der Waals surface area contributed by atoms with Gasteiger partial charge in [0.05, 0.1) is 0 Å². The molecule has 0 radical (unpaired) electrons. The number of Topliss-reactive ketones (excluding diaryl/α,β-unsaturated/α-hetero) is 3. The lowest BCUT2D eigenvalue weighted by Gasteiger charge is -2.19. The monoisotopic (exact) mass is 306 g/mol. The van der Waals surface area contributed by atoms with E-state index in [2.05, 4.69) is 15.9 Å². The van der Waals surface area contributed by atoms with Crippen molar-refractivity contribution in [2.75, 3.05) is 5.33 Å². The number of alkyl halides is 1. The van der Waals surface area contributed by atoms with E-state index in [-0.39, 0.29) is 29.1 Å². The molecule has 0 bridgehead atoms. The summed E-state index contributed by atoms with van der Waals surface area (Å²) in [5, 5.41) is 0.286. The maximum atomic E-state index is 12.3. The second kappa shape index (κ2) is 4.98. The molecule has 1 aliphatic carbocycles. The third-order valence-electron chi connectivity index (χ3n) is 2.89. The molecule has 2 rings (SSSR count). The number of carbonyl (C=O) groups is 3. The van der Waals surface area contributed by atoms with Crippen molar-refractivity contribution in [1.29, 1.82) is 0 Å². The van der Waals surface area contributed by atoms with E-state index >= 15 is 0 Å². The zero-order valence-corrected chi connectivity index (χ0v) is 11.4. The van der Waals surface area contributed by atoms with Crippen molar-refractivity contribution in [3.05, 3.63) is 46.5 Å². The third kappa shape index (κ3) is 2.08. The van der Waals surface area contributed by atoms with Crippen molar-refractivity contribution in [3.63, 3.8) is 0 Å². The molecule has 1 aliphatic rings. The number of fused-ring (bicyclic) bond motifs is 1. The zero-order chi connectivity index (χ0) is 13.3. The average Bonchev–Trinajstić information content (AvgIpc) is 2.36. The molecule has 0 fully saturated rings. The molecule has 0 aromatic heterocycles. The van der Waals surface area contributed by atoms with Gasteiger partial charge in [0.1, 0.15) is 5.78 Å². The molecule has 0 spiro atoms. The van der Waals surface area contributed by atoms with Crippen LogP contribution in [0.4, 0.5) is 0 Å². The highest BCUT2D eigenvalue weighted by Gasteiger charge is 2.31. The number of ketones is 3. The van der Waals surface area contributed by atoms with E-state index in [4.69, 9.17) is 0 Å². The summed E-state index contributed by atoms with van der Waals surface area (Å²) in [6.45, 7) is 1.41. The van der Waals surface area contributed by atoms with Crippen molar-refractivity contribution in [1.82, 2.24) is 0 Å². The Morgan fingerprint density at radius 3 is 2.00 bits per heavy atom. The summed E-state index contributed by atoms with van der Waals surface area (Å²) in [5.41, 5.74) is 1.53. The van der Waals surface area contributed by atoms with Crippen LogP contribution in [0, 0.1) is 0 Å². The molecule has 0 N–H and O–H groups in total. The largest absolute Gasteiger partial charge is 0.300 e. The van der Waals surface area contributed by atoms with Crippen LogP contribution < -0.4 is 0 Å². The predicted molar refractivity (Wildman–Crippen MR) is 71.2 cm³/mol. The van der Waals surface area contributed by atoms with Gasteiger partial charge in [0.25, 0.3) is 0 Å². The van der Waals surface area contributed by atoms with E-state index in [0.29, 0.717) is 22.3 Å². The van der Waals surface area contributed by atoms with E-state index in [0.717, 1.165) is 0 Å². The Balaban J connectivity index is 2.61. The minimum Gasteiger partial charge on any atom is -0.300 e.